The summed E-state index contributed by atoms with van der Waals surface area (Å²) in [4.78, 5) is 0. The number of halogens is 1. The van der Waals surface area contributed by atoms with Crippen LogP contribution in [0.4, 0.5) is 0 Å². The molecule has 0 fully saturated rings. The molecular weight excluding hydrogens is 202 g/mol. The second kappa shape index (κ2) is 10.4. The summed E-state index contributed by atoms with van der Waals surface area (Å²) in [5.41, 5.74) is 5.85. The van der Waals surface area contributed by atoms with Crippen LogP contribution in [0.2, 0.25) is 0 Å². The lowest BCUT2D eigenvalue weighted by Crippen LogP contribution is -2.19. The van der Waals surface area contributed by atoms with E-state index in [4.69, 9.17) is 5.73 Å². The molecular formula is C9H22BrN. The van der Waals surface area contributed by atoms with Gasteiger partial charge in [-0.05, 0) is 12.8 Å². The first-order valence-electron chi connectivity index (χ1n) is 4.56. The van der Waals surface area contributed by atoms with Gasteiger partial charge in [0.2, 0.25) is 0 Å². The third kappa shape index (κ3) is 10.4. The Balaban J connectivity index is 0. The molecule has 2 heteroatoms. The van der Waals surface area contributed by atoms with Gasteiger partial charge < -0.3 is 5.73 Å². The fourth-order valence-corrected chi connectivity index (χ4v) is 1.08. The first-order chi connectivity index (χ1) is 4.81. The van der Waals surface area contributed by atoms with E-state index in [9.17, 15) is 0 Å². The van der Waals surface area contributed by atoms with Gasteiger partial charge in [-0.2, -0.15) is 0 Å². The fourth-order valence-electron chi connectivity index (χ4n) is 1.08. The van der Waals surface area contributed by atoms with Crippen molar-refractivity contribution >= 4 is 17.0 Å². The zero-order valence-electron chi connectivity index (χ0n) is 7.81. The lowest BCUT2D eigenvalue weighted by Gasteiger charge is -2.08. The van der Waals surface area contributed by atoms with E-state index < -0.39 is 0 Å². The second-order valence-corrected chi connectivity index (χ2v) is 3.04. The van der Waals surface area contributed by atoms with E-state index in [-0.39, 0.29) is 17.0 Å². The molecule has 0 atom stereocenters. The van der Waals surface area contributed by atoms with Gasteiger partial charge >= 0.3 is 0 Å². The van der Waals surface area contributed by atoms with Crippen molar-refractivity contribution in [1.82, 2.24) is 0 Å². The zero-order chi connectivity index (χ0) is 7.82. The van der Waals surface area contributed by atoms with E-state index in [0.717, 1.165) is 0 Å². The molecule has 0 aliphatic rings. The van der Waals surface area contributed by atoms with Gasteiger partial charge in [0.1, 0.15) is 0 Å². The fraction of sp³-hybridized carbons (Fsp3) is 1.00. The summed E-state index contributed by atoms with van der Waals surface area (Å²) >= 11 is 0. The van der Waals surface area contributed by atoms with E-state index in [2.05, 4.69) is 13.8 Å². The molecule has 1 nitrogen and oxygen atoms in total. The highest BCUT2D eigenvalue weighted by Gasteiger charge is 1.99. The molecule has 0 spiro atoms. The predicted octanol–water partition coefficient (Wildman–Crippen LogP) is 3.27. The molecule has 0 aliphatic carbocycles. The Morgan fingerprint density at radius 3 is 1.64 bits per heavy atom. The van der Waals surface area contributed by atoms with Crippen LogP contribution in [-0.2, 0) is 0 Å². The zero-order valence-corrected chi connectivity index (χ0v) is 9.52. The highest BCUT2D eigenvalue weighted by Crippen LogP contribution is 2.05. The van der Waals surface area contributed by atoms with Gasteiger partial charge in [0.25, 0.3) is 0 Å². The van der Waals surface area contributed by atoms with Gasteiger partial charge in [-0.25, -0.2) is 0 Å². The van der Waals surface area contributed by atoms with Gasteiger partial charge in [0, 0.05) is 6.04 Å². The number of rotatable bonds is 6. The highest BCUT2D eigenvalue weighted by molar-refractivity contribution is 8.93. The SMILES string of the molecule is Br.CCCCC(N)CCCC. The van der Waals surface area contributed by atoms with Gasteiger partial charge in [-0.15, -0.1) is 17.0 Å². The average molecular weight is 224 g/mol. The molecule has 0 radical (unpaired) electrons. The largest absolute Gasteiger partial charge is 0.328 e. The van der Waals surface area contributed by atoms with Gasteiger partial charge in [0.15, 0.2) is 0 Å². The number of hydrogen-bond acceptors (Lipinski definition) is 1. The molecule has 0 saturated heterocycles. The van der Waals surface area contributed by atoms with Crippen molar-refractivity contribution in [3.8, 4) is 0 Å². The molecule has 11 heavy (non-hydrogen) atoms. The Hall–Kier alpha value is 0.440. The van der Waals surface area contributed by atoms with Crippen LogP contribution in [0.5, 0.6) is 0 Å². The average Bonchev–Trinajstić information content (AvgIpc) is 1.97. The third-order valence-corrected chi connectivity index (χ3v) is 1.86. The van der Waals surface area contributed by atoms with Crippen LogP contribution in [0.25, 0.3) is 0 Å². The molecule has 0 aromatic carbocycles. The van der Waals surface area contributed by atoms with E-state index in [1.54, 1.807) is 0 Å². The topological polar surface area (TPSA) is 26.0 Å². The van der Waals surface area contributed by atoms with E-state index in [1.807, 2.05) is 0 Å². The molecule has 0 aromatic rings. The first kappa shape index (κ1) is 14.0. The monoisotopic (exact) mass is 223 g/mol. The maximum Gasteiger partial charge on any atom is 0.00388 e. The van der Waals surface area contributed by atoms with Crippen LogP contribution in [0, 0.1) is 0 Å². The Morgan fingerprint density at radius 2 is 1.36 bits per heavy atom. The lowest BCUT2D eigenvalue weighted by molar-refractivity contribution is 0.520. The second-order valence-electron chi connectivity index (χ2n) is 3.04. The van der Waals surface area contributed by atoms with Gasteiger partial charge in [-0.1, -0.05) is 39.5 Å². The minimum atomic E-state index is 0. The normalized spacial score (nSPS) is 9.82. The van der Waals surface area contributed by atoms with Crippen molar-refractivity contribution in [2.75, 3.05) is 0 Å². The summed E-state index contributed by atoms with van der Waals surface area (Å²) in [7, 11) is 0. The van der Waals surface area contributed by atoms with E-state index in [0.29, 0.717) is 6.04 Å². The molecule has 0 rings (SSSR count). The quantitative estimate of drug-likeness (QED) is 0.736. The molecule has 0 aliphatic heterocycles. The molecule has 0 aromatic heterocycles. The van der Waals surface area contributed by atoms with Gasteiger partial charge in [0.05, 0.1) is 0 Å². The third-order valence-electron chi connectivity index (χ3n) is 1.86. The summed E-state index contributed by atoms with van der Waals surface area (Å²) in [5.74, 6) is 0. The molecule has 0 amide bonds. The Kier molecular flexibility index (Phi) is 13.3. The minimum absolute atomic E-state index is 0. The van der Waals surface area contributed by atoms with E-state index >= 15 is 0 Å². The van der Waals surface area contributed by atoms with Crippen molar-refractivity contribution in [1.29, 1.82) is 0 Å². The molecule has 0 heterocycles. The van der Waals surface area contributed by atoms with Crippen molar-refractivity contribution in [2.45, 2.75) is 58.4 Å². The minimum Gasteiger partial charge on any atom is -0.328 e. The van der Waals surface area contributed by atoms with E-state index in [1.165, 1.54) is 38.5 Å². The lowest BCUT2D eigenvalue weighted by atomic mass is 10.1. The maximum atomic E-state index is 5.85. The van der Waals surface area contributed by atoms with Crippen LogP contribution in [0.3, 0.4) is 0 Å². The molecule has 0 saturated carbocycles. The van der Waals surface area contributed by atoms with Crippen LogP contribution in [0.1, 0.15) is 52.4 Å². The molecule has 0 bridgehead atoms. The van der Waals surface area contributed by atoms with Gasteiger partial charge in [-0.3, -0.25) is 0 Å². The predicted molar refractivity (Wildman–Crippen MR) is 57.3 cm³/mol. The number of unbranched alkanes of at least 4 members (excludes halogenated alkanes) is 2. The molecule has 70 valence electrons. The van der Waals surface area contributed by atoms with Crippen LogP contribution in [0.15, 0.2) is 0 Å². The summed E-state index contributed by atoms with van der Waals surface area (Å²) in [6.45, 7) is 4.43. The summed E-state index contributed by atoms with van der Waals surface area (Å²) in [6.07, 6.45) is 7.59. The maximum absolute atomic E-state index is 5.85. The van der Waals surface area contributed by atoms with Crippen LogP contribution >= 0.6 is 17.0 Å². The smallest absolute Gasteiger partial charge is 0.00388 e. The Bertz CT molecular complexity index is 58.6. The summed E-state index contributed by atoms with van der Waals surface area (Å²) in [6, 6.07) is 0.472. The molecule has 0 unspecified atom stereocenters. The van der Waals surface area contributed by atoms with Crippen LogP contribution < -0.4 is 5.73 Å². The number of nitrogens with two attached hydrogens (primary N) is 1. The summed E-state index contributed by atoms with van der Waals surface area (Å²) < 4.78 is 0. The Labute approximate surface area is 81.5 Å². The number of hydrogen-bond donors (Lipinski definition) is 1. The van der Waals surface area contributed by atoms with Crippen molar-refractivity contribution in [2.24, 2.45) is 5.73 Å². The summed E-state index contributed by atoms with van der Waals surface area (Å²) in [5, 5.41) is 0. The van der Waals surface area contributed by atoms with Crippen molar-refractivity contribution < 1.29 is 0 Å². The van der Waals surface area contributed by atoms with Crippen LogP contribution in [-0.4, -0.2) is 6.04 Å². The Morgan fingerprint density at radius 1 is 1.00 bits per heavy atom. The van der Waals surface area contributed by atoms with Crippen molar-refractivity contribution in [3.05, 3.63) is 0 Å². The first-order valence-corrected chi connectivity index (χ1v) is 4.56. The van der Waals surface area contributed by atoms with Crippen molar-refractivity contribution in [3.63, 3.8) is 0 Å². The molecule has 2 N–H and O–H groups in total. The highest BCUT2D eigenvalue weighted by atomic mass is 79.9. The standard InChI is InChI=1S/C9H21N.BrH/c1-3-5-7-9(10)8-6-4-2;/h9H,3-8,10H2,1-2H3;1H.